The highest BCUT2D eigenvalue weighted by molar-refractivity contribution is 6.11. The molecule has 0 saturated heterocycles. The number of carbonyl (C=O) groups excluding carboxylic acids is 1. The molecule has 0 aliphatic heterocycles. The van der Waals surface area contributed by atoms with Gasteiger partial charge in [-0.2, -0.15) is 10.5 Å². The van der Waals surface area contributed by atoms with Gasteiger partial charge >= 0.3 is 5.97 Å². The molecule has 6 aromatic carbocycles. The SMILES string of the molecule is COc1ccc2c(c1)c1cc(OC)ccc1n2-c1ccc(C#CC(C#Cc2ccc(-n3c4ccc(OC)cc4c4cc(OC(C)=O)ccc43)cc2)=C(C#N)C#N)cc1. The van der Waals surface area contributed by atoms with E-state index in [1.807, 2.05) is 127 Å². The lowest BCUT2D eigenvalue weighted by atomic mass is 10.1. The molecule has 2 aromatic heterocycles. The maximum absolute atomic E-state index is 11.7. The van der Waals surface area contributed by atoms with Crippen molar-refractivity contribution in [2.75, 3.05) is 21.3 Å². The summed E-state index contributed by atoms with van der Waals surface area (Å²) in [7, 11) is 4.92. The molecule has 0 atom stereocenters. The van der Waals surface area contributed by atoms with Crippen LogP contribution >= 0.6 is 0 Å². The van der Waals surface area contributed by atoms with Crippen LogP contribution in [0.25, 0.3) is 55.0 Å². The molecule has 0 bridgehead atoms. The van der Waals surface area contributed by atoms with E-state index in [1.165, 1.54) is 6.92 Å². The van der Waals surface area contributed by atoms with Gasteiger partial charge in [-0.05, 0) is 121 Å². The number of esters is 1. The Labute approximate surface area is 334 Å². The van der Waals surface area contributed by atoms with Gasteiger partial charge in [0.25, 0.3) is 0 Å². The summed E-state index contributed by atoms with van der Waals surface area (Å²) < 4.78 is 26.2. The lowest BCUT2D eigenvalue weighted by molar-refractivity contribution is -0.131. The lowest BCUT2D eigenvalue weighted by Gasteiger charge is -2.09. The number of ether oxygens (including phenoxy) is 4. The standard InChI is InChI=1S/C49H32N4O5/c1-31(54)58-41-20-24-49-45(28-41)44-27-40(57-4)19-23-48(44)53(49)37-15-9-33(10-16-37)6-12-34(35(29-50)30-51)11-5-32-7-13-36(14-8-32)52-46-21-17-38(55-2)25-42(46)43-26-39(56-3)18-22-47(43)52/h7-10,13-28H,1-4H3. The average Bonchev–Trinajstić information content (AvgIpc) is 3.75. The highest BCUT2D eigenvalue weighted by atomic mass is 16.5. The summed E-state index contributed by atoms with van der Waals surface area (Å²) in [5, 5.41) is 23.4. The van der Waals surface area contributed by atoms with Gasteiger partial charge in [-0.25, -0.2) is 0 Å². The highest BCUT2D eigenvalue weighted by Gasteiger charge is 2.16. The van der Waals surface area contributed by atoms with E-state index in [2.05, 4.69) is 32.8 Å². The molecule has 0 saturated carbocycles. The van der Waals surface area contributed by atoms with E-state index >= 15 is 0 Å². The van der Waals surface area contributed by atoms with Crippen molar-refractivity contribution in [3.05, 3.63) is 144 Å². The summed E-state index contributed by atoms with van der Waals surface area (Å²) in [4.78, 5) is 11.7. The summed E-state index contributed by atoms with van der Waals surface area (Å²) in [6, 6.07) is 42.7. The van der Waals surface area contributed by atoms with Gasteiger partial charge in [0, 0.05) is 51.0 Å². The minimum absolute atomic E-state index is 0.128. The van der Waals surface area contributed by atoms with Crippen molar-refractivity contribution in [2.24, 2.45) is 0 Å². The predicted molar refractivity (Wildman–Crippen MR) is 225 cm³/mol. The van der Waals surface area contributed by atoms with E-state index in [4.69, 9.17) is 18.9 Å². The maximum Gasteiger partial charge on any atom is 0.308 e. The molecule has 0 aliphatic rings. The second kappa shape index (κ2) is 15.4. The van der Waals surface area contributed by atoms with Crippen LogP contribution < -0.4 is 18.9 Å². The van der Waals surface area contributed by atoms with Gasteiger partial charge in [0.1, 0.15) is 40.7 Å². The Bertz CT molecular complexity index is 3130. The fourth-order valence-corrected chi connectivity index (χ4v) is 7.08. The van der Waals surface area contributed by atoms with Crippen LogP contribution in [0.5, 0.6) is 23.0 Å². The fourth-order valence-electron chi connectivity index (χ4n) is 7.08. The number of nitrogens with zero attached hydrogens (tertiary/aromatic N) is 4. The molecule has 0 N–H and O–H groups in total. The largest absolute Gasteiger partial charge is 0.497 e. The van der Waals surface area contributed by atoms with Gasteiger partial charge in [0.15, 0.2) is 5.57 Å². The number of hydrogen-bond donors (Lipinski definition) is 0. The molecule has 2 heterocycles. The predicted octanol–water partition coefficient (Wildman–Crippen LogP) is 9.58. The first-order valence-corrected chi connectivity index (χ1v) is 18.1. The minimum atomic E-state index is -0.396. The van der Waals surface area contributed by atoms with E-state index in [9.17, 15) is 15.3 Å². The van der Waals surface area contributed by atoms with Crippen molar-refractivity contribution in [3.8, 4) is 70.2 Å². The molecule has 0 radical (unpaired) electrons. The summed E-state index contributed by atoms with van der Waals surface area (Å²) in [6.45, 7) is 1.37. The molecule has 9 heteroatoms. The molecular formula is C49H32N4O5. The summed E-state index contributed by atoms with van der Waals surface area (Å²) >= 11 is 0. The Morgan fingerprint density at radius 1 is 0.483 bits per heavy atom. The molecule has 8 aromatic rings. The first-order valence-electron chi connectivity index (χ1n) is 18.1. The van der Waals surface area contributed by atoms with Gasteiger partial charge in [-0.1, -0.05) is 23.7 Å². The van der Waals surface area contributed by atoms with Gasteiger partial charge in [0.2, 0.25) is 0 Å². The van der Waals surface area contributed by atoms with Gasteiger partial charge in [-0.3, -0.25) is 4.79 Å². The molecule has 0 fully saturated rings. The zero-order chi connectivity index (χ0) is 40.3. The number of methoxy groups -OCH3 is 3. The van der Waals surface area contributed by atoms with Gasteiger partial charge in [0.05, 0.1) is 43.4 Å². The average molecular weight is 757 g/mol. The molecule has 58 heavy (non-hydrogen) atoms. The molecule has 0 unspecified atom stereocenters. The number of carbonyl (C=O) groups is 1. The van der Waals surface area contributed by atoms with Crippen molar-refractivity contribution in [3.63, 3.8) is 0 Å². The van der Waals surface area contributed by atoms with Crippen LogP contribution in [-0.2, 0) is 4.79 Å². The molecular weight excluding hydrogens is 725 g/mol. The third kappa shape index (κ3) is 6.78. The Morgan fingerprint density at radius 3 is 1.16 bits per heavy atom. The number of nitriles is 2. The molecule has 8 rings (SSSR count). The van der Waals surface area contributed by atoms with Crippen molar-refractivity contribution in [1.29, 1.82) is 10.5 Å². The summed E-state index contributed by atoms with van der Waals surface area (Å²) in [5.74, 6) is 14.4. The lowest BCUT2D eigenvalue weighted by Crippen LogP contribution is -2.01. The van der Waals surface area contributed by atoms with E-state index in [-0.39, 0.29) is 11.1 Å². The van der Waals surface area contributed by atoms with E-state index < -0.39 is 5.97 Å². The zero-order valence-electron chi connectivity index (χ0n) is 31.9. The monoisotopic (exact) mass is 756 g/mol. The van der Waals surface area contributed by atoms with Gasteiger partial charge < -0.3 is 28.1 Å². The fraction of sp³-hybridized carbons (Fsp3) is 0.0816. The molecule has 9 nitrogen and oxygen atoms in total. The third-order valence-corrected chi connectivity index (χ3v) is 9.77. The van der Waals surface area contributed by atoms with E-state index in [1.54, 1.807) is 27.4 Å². The number of hydrogen-bond acceptors (Lipinski definition) is 7. The second-order valence-electron chi connectivity index (χ2n) is 13.2. The van der Waals surface area contributed by atoms with Crippen LogP contribution in [0.3, 0.4) is 0 Å². The Kier molecular flexibility index (Phi) is 9.72. The van der Waals surface area contributed by atoms with Crippen LogP contribution in [0.2, 0.25) is 0 Å². The number of rotatable bonds is 6. The highest BCUT2D eigenvalue weighted by Crippen LogP contribution is 2.38. The normalized spacial score (nSPS) is 10.5. The van der Waals surface area contributed by atoms with Crippen LogP contribution in [0.15, 0.2) is 132 Å². The second-order valence-corrected chi connectivity index (χ2v) is 13.2. The van der Waals surface area contributed by atoms with Crippen LogP contribution in [0.4, 0.5) is 0 Å². The Hall–Kier alpha value is -8.37. The first kappa shape index (κ1) is 36.6. The topological polar surface area (TPSA) is 111 Å². The van der Waals surface area contributed by atoms with Crippen molar-refractivity contribution < 1.29 is 23.7 Å². The van der Waals surface area contributed by atoms with E-state index in [0.29, 0.717) is 22.6 Å². The Balaban J connectivity index is 1.10. The number of benzene rings is 6. The van der Waals surface area contributed by atoms with Crippen LogP contribution in [0.1, 0.15) is 18.1 Å². The number of aromatic nitrogens is 2. The van der Waals surface area contributed by atoms with Gasteiger partial charge in [-0.15, -0.1) is 0 Å². The van der Waals surface area contributed by atoms with E-state index in [0.717, 1.165) is 66.5 Å². The first-order chi connectivity index (χ1) is 28.3. The van der Waals surface area contributed by atoms with Crippen LogP contribution in [-0.4, -0.2) is 36.4 Å². The zero-order valence-corrected chi connectivity index (χ0v) is 31.9. The molecule has 0 spiro atoms. The maximum atomic E-state index is 11.7. The summed E-state index contributed by atoms with van der Waals surface area (Å²) in [6.07, 6.45) is 0. The molecule has 0 aliphatic carbocycles. The van der Waals surface area contributed by atoms with Crippen molar-refractivity contribution in [1.82, 2.24) is 9.13 Å². The third-order valence-electron chi connectivity index (χ3n) is 9.77. The van der Waals surface area contributed by atoms with Crippen LogP contribution in [0, 0.1) is 46.3 Å². The quantitative estimate of drug-likeness (QED) is 0.0719. The minimum Gasteiger partial charge on any atom is -0.497 e. The molecule has 0 amide bonds. The number of allylic oxidation sites excluding steroid dienone is 2. The number of fused-ring (bicyclic) bond motifs is 6. The smallest absolute Gasteiger partial charge is 0.308 e. The summed E-state index contributed by atoms with van der Waals surface area (Å²) in [5.41, 5.74) is 7.00. The van der Waals surface area contributed by atoms with Crippen molar-refractivity contribution in [2.45, 2.75) is 6.92 Å². The van der Waals surface area contributed by atoms with Crippen molar-refractivity contribution >= 4 is 49.6 Å². The molecule has 278 valence electrons. The Morgan fingerprint density at radius 2 is 0.828 bits per heavy atom.